The minimum Gasteiger partial charge on any atom is -0.343 e. The molecule has 1 aliphatic carbocycles. The van der Waals surface area contributed by atoms with Crippen molar-refractivity contribution in [2.45, 2.75) is 44.6 Å². The molecule has 1 N–H and O–H groups in total. The highest BCUT2D eigenvalue weighted by atomic mass is 16.2. The number of nitrogens with zero attached hydrogens (tertiary/aromatic N) is 5. The average Bonchev–Trinajstić information content (AvgIpc) is 3.43. The largest absolute Gasteiger partial charge is 0.343 e. The number of amidine groups is 1. The number of aliphatic imine (C=N–C) groups is 1. The van der Waals surface area contributed by atoms with Gasteiger partial charge < -0.3 is 9.80 Å². The van der Waals surface area contributed by atoms with Gasteiger partial charge in [0.05, 0.1) is 11.7 Å². The van der Waals surface area contributed by atoms with Crippen LogP contribution in [0.5, 0.6) is 0 Å². The second kappa shape index (κ2) is 9.57. The van der Waals surface area contributed by atoms with Crippen molar-refractivity contribution in [3.05, 3.63) is 54.2 Å². The first-order valence-corrected chi connectivity index (χ1v) is 14.4. The van der Waals surface area contributed by atoms with E-state index in [9.17, 15) is 14.4 Å². The average molecular weight is 539 g/mol. The molecule has 3 aliphatic heterocycles. The van der Waals surface area contributed by atoms with Crippen LogP contribution in [-0.4, -0.2) is 86.7 Å². The van der Waals surface area contributed by atoms with E-state index in [1.807, 2.05) is 22.1 Å². The van der Waals surface area contributed by atoms with Crippen LogP contribution in [0, 0.1) is 11.8 Å². The van der Waals surface area contributed by atoms with Crippen LogP contribution >= 0.6 is 0 Å². The number of aromatic amines is 1. The Labute approximate surface area is 233 Å². The Hall–Kier alpha value is -4.01. The molecule has 3 fully saturated rings. The maximum Gasteiger partial charge on any atom is 0.256 e. The van der Waals surface area contributed by atoms with Crippen LogP contribution in [0.25, 0.3) is 22.0 Å². The van der Waals surface area contributed by atoms with Gasteiger partial charge in [-0.3, -0.25) is 29.4 Å². The third kappa shape index (κ3) is 4.37. The smallest absolute Gasteiger partial charge is 0.256 e. The van der Waals surface area contributed by atoms with Crippen molar-refractivity contribution < 1.29 is 14.4 Å². The summed E-state index contributed by atoms with van der Waals surface area (Å²) in [5, 5.41) is 8.17. The number of piperidine rings is 1. The standard InChI is InChI=1S/C31H34N6O3/c1-20(38)35-14-11-31(12-15-35)30(40)37(19-21-10-13-36(18-21)29(39)24-6-7-24)28(33-31)23-4-2-22(3-5-23)25-8-9-27-26(16-25)17-32-34-27/h2-5,8-9,16-17,21,24H,6-7,10-15,18-19H2,1H3,(H,32,34)/t21-/m1/s1. The second-order valence-electron chi connectivity index (χ2n) is 11.9. The maximum absolute atomic E-state index is 14.1. The Balaban J connectivity index is 1.16. The van der Waals surface area contributed by atoms with E-state index >= 15 is 0 Å². The van der Waals surface area contributed by atoms with E-state index in [1.165, 1.54) is 0 Å². The zero-order valence-electron chi connectivity index (χ0n) is 22.8. The highest BCUT2D eigenvalue weighted by molar-refractivity contribution is 6.15. The van der Waals surface area contributed by atoms with Gasteiger partial charge in [-0.1, -0.05) is 30.3 Å². The molecule has 1 spiro atoms. The number of carbonyl (C=O) groups is 3. The number of benzene rings is 2. The number of fused-ring (bicyclic) bond motifs is 1. The number of nitrogens with one attached hydrogen (secondary N) is 1. The molecule has 0 unspecified atom stereocenters. The van der Waals surface area contributed by atoms with Crippen molar-refractivity contribution in [3.8, 4) is 11.1 Å². The van der Waals surface area contributed by atoms with Crippen molar-refractivity contribution in [1.29, 1.82) is 0 Å². The van der Waals surface area contributed by atoms with Crippen LogP contribution < -0.4 is 0 Å². The highest BCUT2D eigenvalue weighted by Crippen LogP contribution is 2.38. The minimum atomic E-state index is -0.825. The summed E-state index contributed by atoms with van der Waals surface area (Å²) in [6.07, 6.45) is 5.80. The molecule has 1 atom stereocenters. The summed E-state index contributed by atoms with van der Waals surface area (Å²) in [6, 6.07) is 14.5. The van der Waals surface area contributed by atoms with Gasteiger partial charge >= 0.3 is 0 Å². The van der Waals surface area contributed by atoms with Gasteiger partial charge in [-0.15, -0.1) is 0 Å². The number of hydrogen-bond acceptors (Lipinski definition) is 5. The van der Waals surface area contributed by atoms with Crippen molar-refractivity contribution >= 4 is 34.5 Å². The lowest BCUT2D eigenvalue weighted by Gasteiger charge is -2.36. The first kappa shape index (κ1) is 25.0. The number of carbonyl (C=O) groups excluding carboxylic acids is 3. The van der Waals surface area contributed by atoms with Gasteiger partial charge in [0.15, 0.2) is 0 Å². The zero-order valence-corrected chi connectivity index (χ0v) is 22.8. The van der Waals surface area contributed by atoms with E-state index in [0.29, 0.717) is 44.9 Å². The quantitative estimate of drug-likeness (QED) is 0.538. The molecular formula is C31H34N6O3. The Bertz CT molecular complexity index is 1510. The van der Waals surface area contributed by atoms with E-state index in [-0.39, 0.29) is 29.6 Å². The Kier molecular flexibility index (Phi) is 5.98. The number of rotatable bonds is 5. The van der Waals surface area contributed by atoms with E-state index in [2.05, 4.69) is 46.6 Å². The van der Waals surface area contributed by atoms with Crippen LogP contribution in [0.1, 0.15) is 44.6 Å². The van der Waals surface area contributed by atoms with Gasteiger partial charge in [0, 0.05) is 56.5 Å². The van der Waals surface area contributed by atoms with Crippen molar-refractivity contribution in [3.63, 3.8) is 0 Å². The molecule has 0 radical (unpaired) electrons. The molecule has 0 bridgehead atoms. The van der Waals surface area contributed by atoms with E-state index in [0.717, 1.165) is 53.4 Å². The molecule has 2 aromatic carbocycles. The summed E-state index contributed by atoms with van der Waals surface area (Å²) in [5.74, 6) is 1.51. The molecule has 9 nitrogen and oxygen atoms in total. The normalized spacial score (nSPS) is 22.4. The predicted octanol–water partition coefficient (Wildman–Crippen LogP) is 3.46. The van der Waals surface area contributed by atoms with Crippen LogP contribution in [0.2, 0.25) is 0 Å². The summed E-state index contributed by atoms with van der Waals surface area (Å²) in [6.45, 7) is 4.68. The first-order valence-electron chi connectivity index (χ1n) is 14.4. The van der Waals surface area contributed by atoms with Crippen LogP contribution in [-0.2, 0) is 14.4 Å². The highest BCUT2D eigenvalue weighted by Gasteiger charge is 2.51. The molecule has 4 heterocycles. The van der Waals surface area contributed by atoms with Crippen LogP contribution in [0.3, 0.4) is 0 Å². The molecule has 3 aromatic rings. The maximum atomic E-state index is 14.1. The van der Waals surface area contributed by atoms with E-state index in [4.69, 9.17) is 4.99 Å². The summed E-state index contributed by atoms with van der Waals surface area (Å²) >= 11 is 0. The lowest BCUT2D eigenvalue weighted by atomic mass is 9.87. The van der Waals surface area contributed by atoms with Crippen molar-refractivity contribution in [2.75, 3.05) is 32.7 Å². The summed E-state index contributed by atoms with van der Waals surface area (Å²) in [5.41, 5.74) is 3.27. The van der Waals surface area contributed by atoms with Crippen LogP contribution in [0.15, 0.2) is 53.7 Å². The van der Waals surface area contributed by atoms with Gasteiger partial charge in [-0.2, -0.15) is 5.10 Å². The minimum absolute atomic E-state index is 0.0344. The second-order valence-corrected chi connectivity index (χ2v) is 11.9. The molecule has 1 aromatic heterocycles. The van der Waals surface area contributed by atoms with Gasteiger partial charge in [0.25, 0.3) is 5.91 Å². The predicted molar refractivity (Wildman–Crippen MR) is 151 cm³/mol. The molecule has 206 valence electrons. The third-order valence-electron chi connectivity index (χ3n) is 9.14. The van der Waals surface area contributed by atoms with Gasteiger partial charge in [0.1, 0.15) is 11.4 Å². The monoisotopic (exact) mass is 538 g/mol. The number of amides is 3. The summed E-state index contributed by atoms with van der Waals surface area (Å²) < 4.78 is 0. The van der Waals surface area contributed by atoms with Crippen molar-refractivity contribution in [1.82, 2.24) is 24.9 Å². The molecule has 4 aliphatic rings. The lowest BCUT2D eigenvalue weighted by molar-refractivity contribution is -0.137. The zero-order chi connectivity index (χ0) is 27.4. The number of hydrogen-bond donors (Lipinski definition) is 1. The lowest BCUT2D eigenvalue weighted by Crippen LogP contribution is -2.51. The molecule has 1 saturated carbocycles. The molecule has 3 amide bonds. The molecule has 40 heavy (non-hydrogen) atoms. The van der Waals surface area contributed by atoms with E-state index < -0.39 is 5.54 Å². The van der Waals surface area contributed by atoms with E-state index in [1.54, 1.807) is 11.8 Å². The fraction of sp³-hybridized carbons (Fsp3) is 0.452. The fourth-order valence-electron chi connectivity index (χ4n) is 6.53. The van der Waals surface area contributed by atoms with Gasteiger partial charge in [-0.05, 0) is 61.3 Å². The summed E-state index contributed by atoms with van der Waals surface area (Å²) in [7, 11) is 0. The van der Waals surface area contributed by atoms with Crippen molar-refractivity contribution in [2.24, 2.45) is 16.8 Å². The number of aromatic nitrogens is 2. The van der Waals surface area contributed by atoms with Crippen LogP contribution in [0.4, 0.5) is 0 Å². The SMILES string of the molecule is CC(=O)N1CCC2(CC1)N=C(c1ccc(-c3ccc4[nH]ncc4c3)cc1)N(C[C@@H]1CCN(C(=O)C3CC3)C1)C2=O. The molecular weight excluding hydrogens is 504 g/mol. The Morgan fingerprint density at radius 1 is 0.950 bits per heavy atom. The molecule has 7 rings (SSSR count). The van der Waals surface area contributed by atoms with Gasteiger partial charge in [-0.25, -0.2) is 0 Å². The number of H-pyrrole nitrogens is 1. The molecule has 2 saturated heterocycles. The van der Waals surface area contributed by atoms with Gasteiger partial charge in [0.2, 0.25) is 11.8 Å². The summed E-state index contributed by atoms with van der Waals surface area (Å²) in [4.78, 5) is 49.5. The Morgan fingerprint density at radius 2 is 1.68 bits per heavy atom. The molecule has 9 heteroatoms. The third-order valence-corrected chi connectivity index (χ3v) is 9.14. The fourth-order valence-corrected chi connectivity index (χ4v) is 6.53. The number of likely N-dealkylation sites (tertiary alicyclic amines) is 2. The Morgan fingerprint density at radius 3 is 2.40 bits per heavy atom. The first-order chi connectivity index (χ1) is 19.4. The topological polar surface area (TPSA) is 102 Å².